The largest absolute Gasteiger partial charge is 0.394 e. The maximum atomic E-state index is 13.3. The van der Waals surface area contributed by atoms with E-state index in [0.717, 1.165) is 83.5 Å². The molecular formula is C71H121NO13. The minimum Gasteiger partial charge on any atom is -0.394 e. The van der Waals surface area contributed by atoms with E-state index >= 15 is 0 Å². The van der Waals surface area contributed by atoms with Crippen molar-refractivity contribution in [1.29, 1.82) is 0 Å². The summed E-state index contributed by atoms with van der Waals surface area (Å²) in [6, 6.07) is -0.948. The molecule has 2 rings (SSSR count). The molecule has 0 aromatic rings. The zero-order valence-corrected chi connectivity index (χ0v) is 52.8. The monoisotopic (exact) mass is 1200 g/mol. The molecule has 9 N–H and O–H groups in total. The summed E-state index contributed by atoms with van der Waals surface area (Å²) < 4.78 is 22.8. The zero-order chi connectivity index (χ0) is 61.6. The molecule has 2 saturated heterocycles. The Morgan fingerprint density at radius 1 is 0.435 bits per heavy atom. The highest BCUT2D eigenvalue weighted by molar-refractivity contribution is 5.76. The number of rotatable bonds is 53. The Kier molecular flexibility index (Phi) is 50.1. The fraction of sp³-hybridized carbons (Fsp3) is 0.732. The summed E-state index contributed by atoms with van der Waals surface area (Å²) in [6.07, 6.45) is 61.3. The van der Waals surface area contributed by atoms with Crippen LogP contribution in [0.25, 0.3) is 0 Å². The van der Waals surface area contributed by atoms with Gasteiger partial charge in [-0.05, 0) is 83.5 Å². The number of aliphatic hydroxyl groups excluding tert-OH is 8. The molecule has 14 nitrogen and oxygen atoms in total. The molecule has 1 amide bonds. The first-order chi connectivity index (χ1) is 41.6. The van der Waals surface area contributed by atoms with Crippen molar-refractivity contribution in [3.05, 3.63) is 109 Å². The van der Waals surface area contributed by atoms with E-state index in [1.807, 2.05) is 6.08 Å². The third kappa shape index (κ3) is 39.3. The molecule has 0 aromatic carbocycles. The molecule has 2 aliphatic rings. The van der Waals surface area contributed by atoms with Gasteiger partial charge in [0.2, 0.25) is 5.91 Å². The number of amides is 1. The van der Waals surface area contributed by atoms with Crippen LogP contribution in [0, 0.1) is 0 Å². The summed E-state index contributed by atoms with van der Waals surface area (Å²) in [4.78, 5) is 13.3. The van der Waals surface area contributed by atoms with Gasteiger partial charge < -0.3 is 65.1 Å². The van der Waals surface area contributed by atoms with Crippen LogP contribution in [0.2, 0.25) is 0 Å². The van der Waals surface area contributed by atoms with Gasteiger partial charge in [0.15, 0.2) is 12.6 Å². The van der Waals surface area contributed by atoms with Crippen LogP contribution in [-0.4, -0.2) is 140 Å². The Morgan fingerprint density at radius 2 is 0.812 bits per heavy atom. The smallest absolute Gasteiger partial charge is 0.220 e. The van der Waals surface area contributed by atoms with Crippen LogP contribution in [0.4, 0.5) is 0 Å². The van der Waals surface area contributed by atoms with Crippen molar-refractivity contribution in [3.8, 4) is 0 Å². The molecule has 85 heavy (non-hydrogen) atoms. The van der Waals surface area contributed by atoms with Gasteiger partial charge in [-0.1, -0.05) is 258 Å². The predicted octanol–water partition coefficient (Wildman–Crippen LogP) is 13.2. The fourth-order valence-electron chi connectivity index (χ4n) is 10.4. The zero-order valence-electron chi connectivity index (χ0n) is 52.8. The molecule has 0 bridgehead atoms. The number of unbranched alkanes of at least 4 members (excludes halogenated alkanes) is 24. The Hall–Kier alpha value is -3.35. The predicted molar refractivity (Wildman–Crippen MR) is 345 cm³/mol. The van der Waals surface area contributed by atoms with Crippen LogP contribution in [0.1, 0.15) is 239 Å². The fourth-order valence-corrected chi connectivity index (χ4v) is 10.4. The number of hydrogen-bond donors (Lipinski definition) is 9. The van der Waals surface area contributed by atoms with Crippen LogP contribution < -0.4 is 5.32 Å². The Bertz CT molecular complexity index is 1840. The summed E-state index contributed by atoms with van der Waals surface area (Å²) in [5.74, 6) is -0.284. The minimum atomic E-state index is -1.80. The van der Waals surface area contributed by atoms with Gasteiger partial charge in [0.05, 0.1) is 32.0 Å². The highest BCUT2D eigenvalue weighted by atomic mass is 16.7. The standard InChI is InChI=1S/C71H121NO13/c1-3-5-7-9-11-13-15-17-19-21-23-25-27-29-30-31-33-35-37-39-41-43-45-47-49-51-53-55-63(76)72-59(58-82-70-68(81)66(79)69(62(57-74)84-70)85-71-67(80)65(78)64(77)61(56-73)83-71)60(75)54-52-50-48-46-44-42-40-38-36-34-32-28-26-24-22-20-18-16-14-12-10-8-6-4-2/h5,7,11,13,17,19,23,25,29-30,33,35,39,41,45,47,52,54,59-62,64-71,73-75,77-81H,3-4,6,8-10,12,14-16,18,20-22,24,26-28,31-32,34,36-38,40,42-44,46,48-51,53,55-58H2,1-2H3,(H,72,76)/b7-5-,13-11-,19-17-,25-23-,30-29-,35-33-,41-39-,47-45-,54-52+. The maximum absolute atomic E-state index is 13.3. The molecule has 0 radical (unpaired) electrons. The molecule has 12 atom stereocenters. The van der Waals surface area contributed by atoms with E-state index in [0.29, 0.717) is 6.42 Å². The van der Waals surface area contributed by atoms with Crippen molar-refractivity contribution >= 4 is 5.91 Å². The van der Waals surface area contributed by atoms with E-state index in [-0.39, 0.29) is 18.9 Å². The summed E-state index contributed by atoms with van der Waals surface area (Å²) in [6.45, 7) is 2.67. The van der Waals surface area contributed by atoms with Crippen LogP contribution in [0.15, 0.2) is 109 Å². The van der Waals surface area contributed by atoms with E-state index in [4.69, 9.17) is 18.9 Å². The lowest BCUT2D eigenvalue weighted by Gasteiger charge is -2.46. The normalized spacial score (nSPS) is 24.3. The topological polar surface area (TPSA) is 228 Å². The first-order valence-electron chi connectivity index (χ1n) is 33.6. The van der Waals surface area contributed by atoms with Crippen molar-refractivity contribution in [1.82, 2.24) is 5.32 Å². The van der Waals surface area contributed by atoms with Crippen molar-refractivity contribution in [2.24, 2.45) is 0 Å². The summed E-state index contributed by atoms with van der Waals surface area (Å²) in [5.41, 5.74) is 0. The van der Waals surface area contributed by atoms with Gasteiger partial charge in [-0.25, -0.2) is 0 Å². The number of carbonyl (C=O) groups excluding carboxylic acids is 1. The van der Waals surface area contributed by atoms with Crippen molar-refractivity contribution < 1.29 is 64.6 Å². The number of hydrogen-bond acceptors (Lipinski definition) is 13. The lowest BCUT2D eigenvalue weighted by molar-refractivity contribution is -0.359. The first-order valence-corrected chi connectivity index (χ1v) is 33.6. The first kappa shape index (κ1) is 77.7. The molecule has 0 saturated carbocycles. The van der Waals surface area contributed by atoms with Gasteiger partial charge >= 0.3 is 0 Å². The highest BCUT2D eigenvalue weighted by Gasteiger charge is 2.51. The van der Waals surface area contributed by atoms with Gasteiger partial charge in [0.1, 0.15) is 48.8 Å². The number of nitrogens with one attached hydrogen (secondary N) is 1. The molecule has 0 aromatic heterocycles. The third-order valence-electron chi connectivity index (χ3n) is 15.7. The van der Waals surface area contributed by atoms with Crippen molar-refractivity contribution in [2.45, 2.75) is 312 Å². The Morgan fingerprint density at radius 3 is 1.25 bits per heavy atom. The van der Waals surface area contributed by atoms with Gasteiger partial charge in [-0.3, -0.25) is 4.79 Å². The third-order valence-corrected chi connectivity index (χ3v) is 15.7. The number of carbonyl (C=O) groups is 1. The minimum absolute atomic E-state index is 0.219. The van der Waals surface area contributed by atoms with Crippen molar-refractivity contribution in [2.75, 3.05) is 19.8 Å². The lowest BCUT2D eigenvalue weighted by atomic mass is 9.97. The molecule has 2 heterocycles. The molecule has 0 aliphatic carbocycles. The van der Waals surface area contributed by atoms with E-state index in [1.165, 1.54) is 128 Å². The Balaban J connectivity index is 1.75. The van der Waals surface area contributed by atoms with Crippen LogP contribution in [-0.2, 0) is 23.7 Å². The second-order valence-electron chi connectivity index (χ2n) is 23.2. The van der Waals surface area contributed by atoms with Gasteiger partial charge in [0, 0.05) is 6.42 Å². The average molecular weight is 1200 g/mol. The van der Waals surface area contributed by atoms with E-state index in [1.54, 1.807) is 6.08 Å². The van der Waals surface area contributed by atoms with Crippen LogP contribution in [0.5, 0.6) is 0 Å². The molecule has 488 valence electrons. The summed E-state index contributed by atoms with van der Waals surface area (Å²) in [7, 11) is 0. The molecule has 2 fully saturated rings. The van der Waals surface area contributed by atoms with Crippen molar-refractivity contribution in [3.63, 3.8) is 0 Å². The van der Waals surface area contributed by atoms with E-state index < -0.39 is 86.8 Å². The second kappa shape index (κ2) is 54.8. The highest BCUT2D eigenvalue weighted by Crippen LogP contribution is 2.30. The number of aliphatic hydroxyl groups is 8. The second-order valence-corrected chi connectivity index (χ2v) is 23.2. The molecule has 14 heteroatoms. The quantitative estimate of drug-likeness (QED) is 0.0204. The Labute approximate surface area is 515 Å². The summed E-state index contributed by atoms with van der Waals surface area (Å²) >= 11 is 0. The van der Waals surface area contributed by atoms with E-state index in [2.05, 4.69) is 116 Å². The SMILES string of the molecule is CC/C=C\C/C=C\C/C=C\C/C=C\C/C=C\C/C=C\C/C=C\C/C=C\CCCCC(=O)NC(COC1OC(CO)C(OC2OC(CO)C(O)C(O)C2O)C(O)C1O)C(O)/C=C/CCCCCCCCCCCCCCCCCCCCCCCC. The van der Waals surface area contributed by atoms with E-state index in [9.17, 15) is 45.6 Å². The molecule has 12 unspecified atom stereocenters. The van der Waals surface area contributed by atoms with Crippen LogP contribution in [0.3, 0.4) is 0 Å². The molecule has 0 spiro atoms. The average Bonchev–Trinajstić information content (AvgIpc) is 3.68. The number of ether oxygens (including phenoxy) is 4. The van der Waals surface area contributed by atoms with Gasteiger partial charge in [-0.2, -0.15) is 0 Å². The maximum Gasteiger partial charge on any atom is 0.220 e. The summed E-state index contributed by atoms with van der Waals surface area (Å²) in [5, 5.41) is 87.3. The van der Waals surface area contributed by atoms with Crippen LogP contribution >= 0.6 is 0 Å². The lowest BCUT2D eigenvalue weighted by Crippen LogP contribution is -2.65. The molecule has 2 aliphatic heterocycles. The number of allylic oxidation sites excluding steroid dienone is 17. The molecular weight excluding hydrogens is 1070 g/mol. The van der Waals surface area contributed by atoms with Gasteiger partial charge in [0.25, 0.3) is 0 Å². The van der Waals surface area contributed by atoms with Gasteiger partial charge in [-0.15, -0.1) is 0 Å².